The molecule has 3 aromatic rings. The number of alkyl halides is 3. The van der Waals surface area contributed by atoms with Gasteiger partial charge in [-0.25, -0.2) is 23.1 Å². The van der Waals surface area contributed by atoms with E-state index >= 15 is 0 Å². The van der Waals surface area contributed by atoms with Crippen molar-refractivity contribution in [3.8, 4) is 17.0 Å². The maximum atomic E-state index is 14.5. The zero-order valence-corrected chi connectivity index (χ0v) is 19.4. The Bertz CT molecular complexity index is 1240. The fourth-order valence-electron chi connectivity index (χ4n) is 4.64. The van der Waals surface area contributed by atoms with Crippen LogP contribution in [0.15, 0.2) is 24.5 Å². The quantitative estimate of drug-likeness (QED) is 0.451. The summed E-state index contributed by atoms with van der Waals surface area (Å²) in [6, 6.07) is 3.41. The van der Waals surface area contributed by atoms with Crippen LogP contribution in [0, 0.1) is 12.8 Å². The van der Waals surface area contributed by atoms with Gasteiger partial charge in [0, 0.05) is 22.9 Å². The van der Waals surface area contributed by atoms with Crippen molar-refractivity contribution in [1.82, 2.24) is 20.3 Å². The number of aromatic amines is 1. The van der Waals surface area contributed by atoms with Gasteiger partial charge in [0.25, 0.3) is 12.3 Å². The molecule has 2 aliphatic rings. The van der Waals surface area contributed by atoms with Crippen LogP contribution in [0.1, 0.15) is 60.1 Å². The van der Waals surface area contributed by atoms with Crippen LogP contribution in [0.4, 0.5) is 13.2 Å². The largest absolute Gasteiger partial charge is 0.493 e. The van der Waals surface area contributed by atoms with E-state index in [9.17, 15) is 18.0 Å². The summed E-state index contributed by atoms with van der Waals surface area (Å²) < 4.78 is 47.5. The Morgan fingerprint density at radius 3 is 2.77 bits per heavy atom. The Morgan fingerprint density at radius 2 is 2.06 bits per heavy atom. The summed E-state index contributed by atoms with van der Waals surface area (Å²) in [5.41, 5.74) is 8.00. The van der Waals surface area contributed by atoms with Gasteiger partial charge in [0.2, 0.25) is 0 Å². The van der Waals surface area contributed by atoms with Crippen molar-refractivity contribution < 1.29 is 22.7 Å². The molecular formula is C25H28F3N5O2. The van der Waals surface area contributed by atoms with Crippen LogP contribution < -0.4 is 15.8 Å². The molecule has 35 heavy (non-hydrogen) atoms. The van der Waals surface area contributed by atoms with Gasteiger partial charge in [0.15, 0.2) is 0 Å². The minimum atomic E-state index is -2.66. The number of hydrogen-bond donors (Lipinski definition) is 3. The molecule has 10 heteroatoms. The number of amides is 1. The van der Waals surface area contributed by atoms with E-state index < -0.39 is 24.5 Å². The van der Waals surface area contributed by atoms with Crippen LogP contribution in [0.2, 0.25) is 0 Å². The predicted octanol–water partition coefficient (Wildman–Crippen LogP) is 4.61. The second kappa shape index (κ2) is 9.49. The molecule has 2 fully saturated rings. The molecule has 1 amide bonds. The summed E-state index contributed by atoms with van der Waals surface area (Å²) in [5.74, 6) is 0.464. The minimum absolute atomic E-state index is 0.156. The van der Waals surface area contributed by atoms with Gasteiger partial charge in [-0.2, -0.15) is 0 Å². The van der Waals surface area contributed by atoms with Crippen molar-refractivity contribution >= 4 is 16.9 Å². The Balaban J connectivity index is 1.52. The summed E-state index contributed by atoms with van der Waals surface area (Å²) in [5, 5.41) is 2.79. The molecule has 1 aromatic carbocycles. The number of carbonyl (C=O) groups is 1. The molecule has 5 rings (SSSR count). The van der Waals surface area contributed by atoms with Crippen LogP contribution in [-0.4, -0.2) is 45.7 Å². The van der Waals surface area contributed by atoms with Gasteiger partial charge in [0.1, 0.15) is 29.5 Å². The smallest absolute Gasteiger partial charge is 0.263 e. The van der Waals surface area contributed by atoms with Gasteiger partial charge in [0.05, 0.1) is 23.7 Å². The summed E-state index contributed by atoms with van der Waals surface area (Å²) in [6.07, 6.45) is 0.876. The topological polar surface area (TPSA) is 106 Å². The van der Waals surface area contributed by atoms with Crippen LogP contribution in [0.5, 0.6) is 5.75 Å². The molecule has 0 bridgehead atoms. The Kier molecular flexibility index (Phi) is 6.39. The summed E-state index contributed by atoms with van der Waals surface area (Å²) >= 11 is 0. The number of aromatic nitrogens is 3. The zero-order chi connectivity index (χ0) is 24.7. The lowest BCUT2D eigenvalue weighted by Crippen LogP contribution is -2.47. The van der Waals surface area contributed by atoms with E-state index in [1.54, 1.807) is 6.92 Å². The van der Waals surface area contributed by atoms with E-state index in [-0.39, 0.29) is 23.6 Å². The van der Waals surface area contributed by atoms with Crippen molar-refractivity contribution in [1.29, 1.82) is 0 Å². The van der Waals surface area contributed by atoms with Gasteiger partial charge in [-0.05, 0) is 63.1 Å². The maximum Gasteiger partial charge on any atom is 0.263 e. The summed E-state index contributed by atoms with van der Waals surface area (Å²) in [7, 11) is 0. The van der Waals surface area contributed by atoms with Crippen molar-refractivity contribution in [3.05, 3.63) is 41.3 Å². The lowest BCUT2D eigenvalue weighted by molar-refractivity contribution is 0.0876. The standard InChI is InChI=1S/C25H28F3N5O2/c1-12-20(25(34)33-18-6-5-15(29)9-17(18)26)22-23(32-12)21(30-11-31-22)16-8-14(24(27)28)4-7-19(16)35-10-13-2-3-13/h4,7-8,11,13,15,17-18,24,32H,2-3,5-6,9-10,29H2,1H3,(H,33,34)/t15-,17-,18-/m1/s1. The molecule has 2 aliphatic carbocycles. The van der Waals surface area contributed by atoms with E-state index in [4.69, 9.17) is 10.5 Å². The fourth-order valence-corrected chi connectivity index (χ4v) is 4.64. The van der Waals surface area contributed by atoms with E-state index in [1.165, 1.54) is 24.5 Å². The van der Waals surface area contributed by atoms with Crippen molar-refractivity contribution in [3.63, 3.8) is 0 Å². The number of nitrogens with one attached hydrogen (secondary N) is 2. The van der Waals surface area contributed by atoms with Gasteiger partial charge in [-0.15, -0.1) is 0 Å². The van der Waals surface area contributed by atoms with Gasteiger partial charge < -0.3 is 20.8 Å². The SMILES string of the molecule is Cc1[nH]c2c(-c3cc(C(F)F)ccc3OCC3CC3)ncnc2c1C(=O)N[C@@H]1CC[C@@H](N)C[C@H]1F. The Labute approximate surface area is 200 Å². The van der Waals surface area contributed by atoms with E-state index in [0.717, 1.165) is 12.8 Å². The third-order valence-electron chi connectivity index (χ3n) is 6.81. The van der Waals surface area contributed by atoms with Crippen molar-refractivity contribution in [2.75, 3.05) is 6.61 Å². The van der Waals surface area contributed by atoms with Gasteiger partial charge in [-0.3, -0.25) is 4.79 Å². The molecule has 0 unspecified atom stereocenters. The van der Waals surface area contributed by atoms with Crippen LogP contribution >= 0.6 is 0 Å². The second-order valence-electron chi connectivity index (χ2n) is 9.55. The highest BCUT2D eigenvalue weighted by atomic mass is 19.3. The number of benzene rings is 1. The molecule has 2 heterocycles. The third-order valence-corrected chi connectivity index (χ3v) is 6.81. The number of ether oxygens (including phenoxy) is 1. The maximum absolute atomic E-state index is 14.5. The van der Waals surface area contributed by atoms with Crippen LogP contribution in [-0.2, 0) is 0 Å². The molecule has 0 radical (unpaired) electrons. The monoisotopic (exact) mass is 487 g/mol. The zero-order valence-electron chi connectivity index (χ0n) is 19.4. The number of nitrogens with zero attached hydrogens (tertiary/aromatic N) is 2. The molecule has 0 aliphatic heterocycles. The first-order valence-electron chi connectivity index (χ1n) is 11.9. The van der Waals surface area contributed by atoms with Crippen molar-refractivity contribution in [2.24, 2.45) is 11.7 Å². The highest BCUT2D eigenvalue weighted by molar-refractivity contribution is 6.09. The lowest BCUT2D eigenvalue weighted by atomic mass is 9.90. The predicted molar refractivity (Wildman–Crippen MR) is 125 cm³/mol. The number of hydrogen-bond acceptors (Lipinski definition) is 5. The minimum Gasteiger partial charge on any atom is -0.493 e. The third kappa shape index (κ3) is 4.84. The number of fused-ring (bicyclic) bond motifs is 1. The molecule has 2 aromatic heterocycles. The first-order valence-corrected chi connectivity index (χ1v) is 11.9. The normalized spacial score (nSPS) is 22.5. The molecule has 3 atom stereocenters. The Morgan fingerprint density at radius 1 is 1.26 bits per heavy atom. The first kappa shape index (κ1) is 23.6. The van der Waals surface area contributed by atoms with Crippen LogP contribution in [0.3, 0.4) is 0 Å². The average molecular weight is 488 g/mol. The van der Waals surface area contributed by atoms with E-state index in [2.05, 4.69) is 20.3 Å². The van der Waals surface area contributed by atoms with E-state index in [1.807, 2.05) is 0 Å². The molecule has 186 valence electrons. The second-order valence-corrected chi connectivity index (χ2v) is 9.55. The number of carbonyl (C=O) groups excluding carboxylic acids is 1. The summed E-state index contributed by atoms with van der Waals surface area (Å²) in [4.78, 5) is 25.0. The average Bonchev–Trinajstić information content (AvgIpc) is 3.59. The van der Waals surface area contributed by atoms with Crippen LogP contribution in [0.25, 0.3) is 22.3 Å². The Hall–Kier alpha value is -3.14. The molecule has 0 spiro atoms. The first-order chi connectivity index (χ1) is 16.8. The van der Waals surface area contributed by atoms with Gasteiger partial charge in [-0.1, -0.05) is 0 Å². The van der Waals surface area contributed by atoms with Crippen molar-refractivity contribution in [2.45, 2.75) is 63.7 Å². The van der Waals surface area contributed by atoms with Gasteiger partial charge >= 0.3 is 0 Å². The van der Waals surface area contributed by atoms with E-state index in [0.29, 0.717) is 59.1 Å². The highest BCUT2D eigenvalue weighted by Gasteiger charge is 2.32. The number of aryl methyl sites for hydroxylation is 1. The molecular weight excluding hydrogens is 459 g/mol. The molecule has 7 nitrogen and oxygen atoms in total. The number of rotatable bonds is 7. The molecule has 4 N–H and O–H groups in total. The lowest BCUT2D eigenvalue weighted by Gasteiger charge is -2.30. The molecule has 0 saturated heterocycles. The highest BCUT2D eigenvalue weighted by Crippen LogP contribution is 2.38. The number of halogens is 3. The fraction of sp³-hybridized carbons (Fsp3) is 0.480. The molecule has 2 saturated carbocycles. The number of nitrogens with two attached hydrogens (primary N) is 1. The number of H-pyrrole nitrogens is 1. The summed E-state index contributed by atoms with van der Waals surface area (Å²) in [6.45, 7) is 2.21.